The monoisotopic (exact) mass is 275 g/mol. The fourth-order valence-electron chi connectivity index (χ4n) is 1.86. The van der Waals surface area contributed by atoms with Gasteiger partial charge in [-0.05, 0) is 53.4 Å². The quantitative estimate of drug-likeness (QED) is 0.901. The zero-order chi connectivity index (χ0) is 13.8. The molecule has 0 saturated carbocycles. The van der Waals surface area contributed by atoms with Gasteiger partial charge in [-0.25, -0.2) is 0 Å². The van der Waals surface area contributed by atoms with Crippen molar-refractivity contribution in [3.05, 3.63) is 57.3 Å². The Hall–Kier alpha value is -1.65. The average molecular weight is 275 g/mol. The van der Waals surface area contributed by atoms with E-state index in [1.165, 1.54) is 11.3 Å². The lowest BCUT2D eigenvalue weighted by Crippen LogP contribution is -2.28. The number of hydrogen-bond donors (Lipinski definition) is 2. The fourth-order valence-corrected chi connectivity index (χ4v) is 2.57. The van der Waals surface area contributed by atoms with Gasteiger partial charge in [-0.1, -0.05) is 12.1 Å². The van der Waals surface area contributed by atoms with Crippen molar-refractivity contribution in [3.63, 3.8) is 0 Å². The number of aliphatic hydroxyl groups is 1. The number of carbonyl (C=O) groups excluding carboxylic acids is 1. The molecule has 1 aromatic carbocycles. The lowest BCUT2D eigenvalue weighted by Gasteiger charge is -2.12. The van der Waals surface area contributed by atoms with Crippen LogP contribution < -0.4 is 5.32 Å². The van der Waals surface area contributed by atoms with Crippen LogP contribution >= 0.6 is 11.3 Å². The second-order valence-electron chi connectivity index (χ2n) is 4.53. The third-order valence-electron chi connectivity index (χ3n) is 3.23. The third-order valence-corrected chi connectivity index (χ3v) is 3.93. The molecule has 2 aromatic rings. The molecule has 1 aromatic heterocycles. The molecule has 2 N–H and O–H groups in total. The third kappa shape index (κ3) is 3.22. The molecule has 19 heavy (non-hydrogen) atoms. The van der Waals surface area contributed by atoms with Crippen LogP contribution in [0.5, 0.6) is 0 Å². The van der Waals surface area contributed by atoms with Crippen LogP contribution in [0.4, 0.5) is 0 Å². The zero-order valence-corrected chi connectivity index (χ0v) is 11.8. The van der Waals surface area contributed by atoms with Gasteiger partial charge >= 0.3 is 0 Å². The Morgan fingerprint density at radius 2 is 2.16 bits per heavy atom. The van der Waals surface area contributed by atoms with E-state index < -0.39 is 6.10 Å². The van der Waals surface area contributed by atoms with Crippen LogP contribution in [-0.2, 0) is 0 Å². The lowest BCUT2D eigenvalue weighted by molar-refractivity contribution is 0.0916. The summed E-state index contributed by atoms with van der Waals surface area (Å²) in [5, 5.41) is 16.5. The number of carbonyl (C=O) groups is 1. The van der Waals surface area contributed by atoms with Gasteiger partial charge in [-0.3, -0.25) is 4.79 Å². The number of aliphatic hydroxyl groups excluding tert-OH is 1. The molecule has 0 aliphatic carbocycles. The normalized spacial score (nSPS) is 12.2. The topological polar surface area (TPSA) is 49.3 Å². The molecule has 1 unspecified atom stereocenters. The van der Waals surface area contributed by atoms with Gasteiger partial charge in [0.15, 0.2) is 0 Å². The van der Waals surface area contributed by atoms with E-state index in [-0.39, 0.29) is 12.5 Å². The first-order valence-corrected chi connectivity index (χ1v) is 7.08. The van der Waals surface area contributed by atoms with Crippen LogP contribution in [0.2, 0.25) is 0 Å². The first kappa shape index (κ1) is 13.8. The summed E-state index contributed by atoms with van der Waals surface area (Å²) in [6.07, 6.45) is -0.652. The minimum atomic E-state index is -0.652. The Labute approximate surface area is 116 Å². The molecule has 0 aliphatic heterocycles. The van der Waals surface area contributed by atoms with E-state index in [9.17, 15) is 9.90 Å². The smallest absolute Gasteiger partial charge is 0.251 e. The summed E-state index contributed by atoms with van der Waals surface area (Å²) in [6.45, 7) is 4.13. The highest BCUT2D eigenvalue weighted by molar-refractivity contribution is 7.07. The molecule has 2 rings (SSSR count). The highest BCUT2D eigenvalue weighted by Crippen LogP contribution is 2.16. The maximum Gasteiger partial charge on any atom is 0.251 e. The van der Waals surface area contributed by atoms with Gasteiger partial charge in [0.25, 0.3) is 5.91 Å². The minimum Gasteiger partial charge on any atom is -0.387 e. The highest BCUT2D eigenvalue weighted by atomic mass is 32.1. The van der Waals surface area contributed by atoms with Gasteiger partial charge < -0.3 is 10.4 Å². The van der Waals surface area contributed by atoms with E-state index >= 15 is 0 Å². The van der Waals surface area contributed by atoms with E-state index in [1.807, 2.05) is 42.8 Å². The molecule has 1 heterocycles. The minimum absolute atomic E-state index is 0.143. The van der Waals surface area contributed by atoms with Crippen LogP contribution in [0.3, 0.4) is 0 Å². The molecular formula is C15H17NO2S. The molecule has 3 nitrogen and oxygen atoms in total. The average Bonchev–Trinajstić information content (AvgIpc) is 2.93. The fraction of sp³-hybridized carbons (Fsp3) is 0.267. The van der Waals surface area contributed by atoms with E-state index in [4.69, 9.17) is 0 Å². The number of benzene rings is 1. The molecule has 0 spiro atoms. The number of rotatable bonds is 4. The summed E-state index contributed by atoms with van der Waals surface area (Å²) in [7, 11) is 0. The summed E-state index contributed by atoms with van der Waals surface area (Å²) < 4.78 is 0. The second kappa shape index (κ2) is 5.99. The predicted molar refractivity (Wildman–Crippen MR) is 77.5 cm³/mol. The van der Waals surface area contributed by atoms with Crippen LogP contribution in [0, 0.1) is 13.8 Å². The van der Waals surface area contributed by atoms with Crippen molar-refractivity contribution in [1.82, 2.24) is 5.32 Å². The first-order valence-electron chi connectivity index (χ1n) is 6.14. The number of hydrogen-bond acceptors (Lipinski definition) is 3. The molecule has 0 fully saturated rings. The first-order chi connectivity index (χ1) is 9.09. The SMILES string of the molecule is Cc1cccc(C(=O)NCC(O)c2ccsc2)c1C. The largest absolute Gasteiger partial charge is 0.387 e. The van der Waals surface area contributed by atoms with Crippen molar-refractivity contribution < 1.29 is 9.90 Å². The van der Waals surface area contributed by atoms with E-state index in [1.54, 1.807) is 6.07 Å². The van der Waals surface area contributed by atoms with Crippen LogP contribution in [0.15, 0.2) is 35.0 Å². The summed E-state index contributed by atoms with van der Waals surface area (Å²) >= 11 is 1.53. The van der Waals surface area contributed by atoms with Gasteiger partial charge in [0.05, 0.1) is 6.10 Å². The molecule has 100 valence electrons. The van der Waals surface area contributed by atoms with Crippen molar-refractivity contribution >= 4 is 17.2 Å². The molecule has 0 saturated heterocycles. The molecule has 1 atom stereocenters. The second-order valence-corrected chi connectivity index (χ2v) is 5.31. The van der Waals surface area contributed by atoms with Crippen LogP contribution in [-0.4, -0.2) is 17.6 Å². The van der Waals surface area contributed by atoms with Gasteiger partial charge in [0.2, 0.25) is 0 Å². The Kier molecular flexibility index (Phi) is 4.35. The Balaban J connectivity index is 2.00. The molecule has 0 radical (unpaired) electrons. The lowest BCUT2D eigenvalue weighted by atomic mass is 10.0. The van der Waals surface area contributed by atoms with E-state index in [2.05, 4.69) is 5.32 Å². The summed E-state index contributed by atoms with van der Waals surface area (Å²) in [5.41, 5.74) is 3.57. The summed E-state index contributed by atoms with van der Waals surface area (Å²) in [6, 6.07) is 7.51. The molecule has 1 amide bonds. The van der Waals surface area contributed by atoms with Gasteiger partial charge in [0.1, 0.15) is 0 Å². The van der Waals surface area contributed by atoms with Crippen molar-refractivity contribution in [1.29, 1.82) is 0 Å². The van der Waals surface area contributed by atoms with Gasteiger partial charge in [-0.15, -0.1) is 0 Å². The molecule has 0 aliphatic rings. The van der Waals surface area contributed by atoms with Gasteiger partial charge in [0, 0.05) is 12.1 Å². The number of amides is 1. The number of thiophene rings is 1. The van der Waals surface area contributed by atoms with Gasteiger partial charge in [-0.2, -0.15) is 11.3 Å². The van der Waals surface area contributed by atoms with Crippen molar-refractivity contribution in [3.8, 4) is 0 Å². The Bertz CT molecular complexity index is 564. The highest BCUT2D eigenvalue weighted by Gasteiger charge is 2.13. The van der Waals surface area contributed by atoms with E-state index in [0.717, 1.165) is 16.7 Å². The Morgan fingerprint density at radius 1 is 1.37 bits per heavy atom. The van der Waals surface area contributed by atoms with Crippen molar-refractivity contribution in [2.75, 3.05) is 6.54 Å². The molecule has 4 heteroatoms. The standard InChI is InChI=1S/C15H17NO2S/c1-10-4-3-5-13(11(10)2)15(18)16-8-14(17)12-6-7-19-9-12/h3-7,9,14,17H,8H2,1-2H3,(H,16,18). The molecular weight excluding hydrogens is 258 g/mol. The summed E-state index contributed by atoms with van der Waals surface area (Å²) in [5.74, 6) is -0.143. The maximum absolute atomic E-state index is 12.1. The predicted octanol–water partition coefficient (Wildman–Crippen LogP) is 2.83. The van der Waals surface area contributed by atoms with Crippen molar-refractivity contribution in [2.24, 2.45) is 0 Å². The number of nitrogens with one attached hydrogen (secondary N) is 1. The summed E-state index contributed by atoms with van der Waals surface area (Å²) in [4.78, 5) is 12.1. The van der Waals surface area contributed by atoms with Crippen LogP contribution in [0.1, 0.15) is 33.2 Å². The molecule has 0 bridgehead atoms. The van der Waals surface area contributed by atoms with Crippen LogP contribution in [0.25, 0.3) is 0 Å². The Morgan fingerprint density at radius 3 is 2.84 bits per heavy atom. The number of aryl methyl sites for hydroxylation is 1. The maximum atomic E-state index is 12.1. The zero-order valence-electron chi connectivity index (χ0n) is 11.0. The van der Waals surface area contributed by atoms with Crippen molar-refractivity contribution in [2.45, 2.75) is 20.0 Å². The van der Waals surface area contributed by atoms with E-state index in [0.29, 0.717) is 5.56 Å².